The minimum atomic E-state index is 0.210. The van der Waals surface area contributed by atoms with Gasteiger partial charge in [-0.05, 0) is 46.5 Å². The predicted molar refractivity (Wildman–Crippen MR) is 64.5 cm³/mol. The van der Waals surface area contributed by atoms with Crippen LogP contribution in [0.1, 0.15) is 12.0 Å². The van der Waals surface area contributed by atoms with Crippen LogP contribution < -0.4 is 0 Å². The van der Waals surface area contributed by atoms with Crippen LogP contribution in [0.3, 0.4) is 0 Å². The van der Waals surface area contributed by atoms with Crippen LogP contribution in [0.4, 0.5) is 0 Å². The second-order valence-electron chi connectivity index (χ2n) is 3.45. The van der Waals surface area contributed by atoms with Gasteiger partial charge in [-0.1, -0.05) is 0 Å². The van der Waals surface area contributed by atoms with E-state index in [2.05, 4.69) is 26.0 Å². The summed E-state index contributed by atoms with van der Waals surface area (Å²) in [5.41, 5.74) is 1.11. The van der Waals surface area contributed by atoms with Gasteiger partial charge >= 0.3 is 0 Å². The quantitative estimate of drug-likeness (QED) is 0.932. The molecule has 0 aliphatic heterocycles. The monoisotopic (exact) mass is 281 g/mol. The van der Waals surface area contributed by atoms with Crippen LogP contribution in [0.25, 0.3) is 5.82 Å². The van der Waals surface area contributed by atoms with Crippen molar-refractivity contribution in [1.82, 2.24) is 14.8 Å². The molecule has 0 aliphatic carbocycles. The van der Waals surface area contributed by atoms with E-state index in [1.165, 1.54) is 0 Å². The van der Waals surface area contributed by atoms with E-state index in [0.717, 1.165) is 28.7 Å². The number of hydrogen-bond donors (Lipinski definition) is 1. The van der Waals surface area contributed by atoms with Crippen molar-refractivity contribution in [2.75, 3.05) is 6.61 Å². The molecule has 2 heterocycles. The van der Waals surface area contributed by atoms with Crippen molar-refractivity contribution in [1.29, 1.82) is 0 Å². The minimum Gasteiger partial charge on any atom is -0.396 e. The lowest BCUT2D eigenvalue weighted by molar-refractivity contribution is 0.288. The van der Waals surface area contributed by atoms with Crippen LogP contribution in [0.2, 0.25) is 0 Å². The fourth-order valence-corrected chi connectivity index (χ4v) is 1.64. The lowest BCUT2D eigenvalue weighted by Crippen LogP contribution is -1.96. The zero-order chi connectivity index (χ0) is 11.4. The number of nitrogens with zero attached hydrogens (tertiary/aromatic N) is 3. The zero-order valence-electron chi connectivity index (χ0n) is 8.67. The number of aromatic nitrogens is 3. The summed E-state index contributed by atoms with van der Waals surface area (Å²) in [6, 6.07) is 3.82. The first kappa shape index (κ1) is 11.3. The molecular weight excluding hydrogens is 270 g/mol. The van der Waals surface area contributed by atoms with Crippen LogP contribution in [0.15, 0.2) is 35.2 Å². The molecule has 0 spiro atoms. The average Bonchev–Trinajstić information content (AvgIpc) is 2.76. The maximum Gasteiger partial charge on any atom is 0.153 e. The molecule has 0 radical (unpaired) electrons. The van der Waals surface area contributed by atoms with Crippen molar-refractivity contribution < 1.29 is 5.11 Å². The summed E-state index contributed by atoms with van der Waals surface area (Å²) in [4.78, 5) is 4.25. The number of pyridine rings is 1. The van der Waals surface area contributed by atoms with Gasteiger partial charge in [0.2, 0.25) is 0 Å². The molecule has 0 unspecified atom stereocenters. The Bertz CT molecular complexity index is 453. The standard InChI is InChI=1S/C11H12BrN3O/c12-10-3-4-11(13-7-10)15-8-9(6-14-15)2-1-5-16/h3-4,6-8,16H,1-2,5H2. The van der Waals surface area contributed by atoms with Gasteiger partial charge < -0.3 is 5.11 Å². The van der Waals surface area contributed by atoms with Gasteiger partial charge in [0.05, 0.1) is 6.20 Å². The normalized spacial score (nSPS) is 10.6. The summed E-state index contributed by atoms with van der Waals surface area (Å²) in [5.74, 6) is 0.790. The summed E-state index contributed by atoms with van der Waals surface area (Å²) in [7, 11) is 0. The Morgan fingerprint density at radius 3 is 2.88 bits per heavy atom. The van der Waals surface area contributed by atoms with Crippen molar-refractivity contribution in [3.63, 3.8) is 0 Å². The molecule has 0 aromatic carbocycles. The lowest BCUT2D eigenvalue weighted by Gasteiger charge is -1.99. The van der Waals surface area contributed by atoms with Crippen molar-refractivity contribution in [2.24, 2.45) is 0 Å². The number of aryl methyl sites for hydroxylation is 1. The van der Waals surface area contributed by atoms with E-state index in [-0.39, 0.29) is 6.61 Å². The smallest absolute Gasteiger partial charge is 0.153 e. The zero-order valence-corrected chi connectivity index (χ0v) is 10.3. The summed E-state index contributed by atoms with van der Waals surface area (Å²) in [6.45, 7) is 0.210. The number of rotatable bonds is 4. The van der Waals surface area contributed by atoms with E-state index in [1.54, 1.807) is 17.1 Å². The molecule has 0 atom stereocenters. The molecule has 5 heteroatoms. The topological polar surface area (TPSA) is 50.9 Å². The first-order valence-corrected chi connectivity index (χ1v) is 5.85. The minimum absolute atomic E-state index is 0.210. The van der Waals surface area contributed by atoms with Crippen LogP contribution in [-0.4, -0.2) is 26.5 Å². The second-order valence-corrected chi connectivity index (χ2v) is 4.37. The highest BCUT2D eigenvalue weighted by molar-refractivity contribution is 9.10. The maximum atomic E-state index is 8.74. The summed E-state index contributed by atoms with van der Waals surface area (Å²) >= 11 is 3.34. The predicted octanol–water partition coefficient (Wildman–Crippen LogP) is 1.95. The van der Waals surface area contributed by atoms with Gasteiger partial charge in [-0.3, -0.25) is 0 Å². The molecule has 4 nitrogen and oxygen atoms in total. The van der Waals surface area contributed by atoms with Crippen LogP contribution in [0, 0.1) is 0 Å². The van der Waals surface area contributed by atoms with Crippen molar-refractivity contribution >= 4 is 15.9 Å². The fraction of sp³-hybridized carbons (Fsp3) is 0.273. The molecule has 2 rings (SSSR count). The summed E-state index contributed by atoms with van der Waals surface area (Å²) in [5, 5.41) is 13.0. The molecule has 2 aromatic heterocycles. The van der Waals surface area contributed by atoms with Gasteiger partial charge in [0.25, 0.3) is 0 Å². The molecule has 0 amide bonds. The van der Waals surface area contributed by atoms with E-state index < -0.39 is 0 Å². The van der Waals surface area contributed by atoms with Crippen molar-refractivity contribution in [3.8, 4) is 5.82 Å². The first-order chi connectivity index (χ1) is 7.79. The molecule has 1 N–H and O–H groups in total. The lowest BCUT2D eigenvalue weighted by atomic mass is 10.2. The molecule has 2 aromatic rings. The molecule has 0 fully saturated rings. The highest BCUT2D eigenvalue weighted by atomic mass is 79.9. The van der Waals surface area contributed by atoms with Gasteiger partial charge in [0.15, 0.2) is 5.82 Å². The Morgan fingerprint density at radius 2 is 2.19 bits per heavy atom. The summed E-state index contributed by atoms with van der Waals surface area (Å²) in [6.07, 6.45) is 7.09. The Morgan fingerprint density at radius 1 is 1.31 bits per heavy atom. The molecule has 0 bridgehead atoms. The average molecular weight is 282 g/mol. The summed E-state index contributed by atoms with van der Waals surface area (Å²) < 4.78 is 2.68. The third kappa shape index (κ3) is 2.68. The Labute approximate surface area is 102 Å². The van der Waals surface area contributed by atoms with Gasteiger partial charge in [-0.2, -0.15) is 5.10 Å². The van der Waals surface area contributed by atoms with E-state index in [0.29, 0.717) is 0 Å². The van der Waals surface area contributed by atoms with Crippen molar-refractivity contribution in [3.05, 3.63) is 40.8 Å². The van der Waals surface area contributed by atoms with E-state index in [4.69, 9.17) is 5.11 Å². The number of aliphatic hydroxyl groups is 1. The highest BCUT2D eigenvalue weighted by Crippen LogP contribution is 2.11. The van der Waals surface area contributed by atoms with Gasteiger partial charge in [-0.15, -0.1) is 0 Å². The SMILES string of the molecule is OCCCc1cnn(-c2ccc(Br)cn2)c1. The first-order valence-electron chi connectivity index (χ1n) is 5.06. The third-order valence-electron chi connectivity index (χ3n) is 2.21. The number of halogens is 1. The highest BCUT2D eigenvalue weighted by Gasteiger charge is 2.01. The Hall–Kier alpha value is -1.20. The maximum absolute atomic E-state index is 8.74. The van der Waals surface area contributed by atoms with Crippen LogP contribution >= 0.6 is 15.9 Å². The molecule has 0 aliphatic rings. The van der Waals surface area contributed by atoms with Gasteiger partial charge in [-0.25, -0.2) is 9.67 Å². The van der Waals surface area contributed by atoms with Crippen LogP contribution in [-0.2, 0) is 6.42 Å². The second kappa shape index (κ2) is 5.23. The van der Waals surface area contributed by atoms with E-state index >= 15 is 0 Å². The largest absolute Gasteiger partial charge is 0.396 e. The van der Waals surface area contributed by atoms with Gasteiger partial charge in [0, 0.05) is 23.5 Å². The Balaban J connectivity index is 2.15. The Kier molecular flexibility index (Phi) is 3.69. The molecule has 0 saturated heterocycles. The molecular formula is C11H12BrN3O. The molecule has 16 heavy (non-hydrogen) atoms. The third-order valence-corrected chi connectivity index (χ3v) is 2.68. The van der Waals surface area contributed by atoms with Crippen molar-refractivity contribution in [2.45, 2.75) is 12.8 Å². The number of hydrogen-bond acceptors (Lipinski definition) is 3. The van der Waals surface area contributed by atoms with E-state index in [1.807, 2.05) is 18.3 Å². The van der Waals surface area contributed by atoms with E-state index in [9.17, 15) is 0 Å². The number of aliphatic hydroxyl groups excluding tert-OH is 1. The van der Waals surface area contributed by atoms with Crippen LogP contribution in [0.5, 0.6) is 0 Å². The fourth-order valence-electron chi connectivity index (χ4n) is 1.40. The molecule has 0 saturated carbocycles. The van der Waals surface area contributed by atoms with Gasteiger partial charge in [0.1, 0.15) is 0 Å². The molecule has 84 valence electrons.